The molecule has 3 rings (SSSR count). The second-order valence-corrected chi connectivity index (χ2v) is 7.01. The molecule has 1 heterocycles. The molecule has 0 unspecified atom stereocenters. The molecule has 1 amide bonds. The van der Waals surface area contributed by atoms with E-state index in [2.05, 4.69) is 32.8 Å². The number of carbonyl (C=O) groups is 1. The zero-order valence-electron chi connectivity index (χ0n) is 11.3. The largest absolute Gasteiger partial charge is 0.331 e. The molecular weight excluding hydrogens is 334 g/mol. The molecule has 4 heteroatoms. The zero-order valence-corrected chi connectivity index (χ0v) is 13.7. The fraction of sp³-hybridized carbons (Fsp3) is 0.312. The lowest BCUT2D eigenvalue weighted by atomic mass is 10.1. The van der Waals surface area contributed by atoms with Crippen LogP contribution in [0.2, 0.25) is 0 Å². The van der Waals surface area contributed by atoms with E-state index in [1.54, 1.807) is 11.3 Å². The molecule has 20 heavy (non-hydrogen) atoms. The summed E-state index contributed by atoms with van der Waals surface area (Å²) in [5.41, 5.74) is 3.11. The van der Waals surface area contributed by atoms with Crippen molar-refractivity contribution in [3.05, 3.63) is 56.2 Å². The van der Waals surface area contributed by atoms with Crippen LogP contribution in [-0.2, 0) is 6.54 Å². The minimum Gasteiger partial charge on any atom is -0.331 e. The van der Waals surface area contributed by atoms with Crippen molar-refractivity contribution in [1.82, 2.24) is 4.90 Å². The van der Waals surface area contributed by atoms with Crippen molar-refractivity contribution >= 4 is 33.2 Å². The predicted molar refractivity (Wildman–Crippen MR) is 86.1 cm³/mol. The Morgan fingerprint density at radius 3 is 2.80 bits per heavy atom. The smallest absolute Gasteiger partial charge is 0.254 e. The first-order valence-electron chi connectivity index (χ1n) is 6.73. The van der Waals surface area contributed by atoms with Crippen LogP contribution < -0.4 is 0 Å². The molecule has 0 aliphatic heterocycles. The lowest BCUT2D eigenvalue weighted by Gasteiger charge is -2.22. The molecule has 1 aromatic carbocycles. The monoisotopic (exact) mass is 349 g/mol. The normalized spacial score (nSPS) is 14.3. The number of benzene rings is 1. The lowest BCUT2D eigenvalue weighted by Crippen LogP contribution is -2.32. The van der Waals surface area contributed by atoms with Crippen LogP contribution in [0.5, 0.6) is 0 Å². The summed E-state index contributed by atoms with van der Waals surface area (Å²) in [4.78, 5) is 14.8. The van der Waals surface area contributed by atoms with Gasteiger partial charge in [0.25, 0.3) is 5.91 Å². The van der Waals surface area contributed by atoms with Gasteiger partial charge in [-0.2, -0.15) is 11.3 Å². The summed E-state index contributed by atoms with van der Waals surface area (Å²) in [6.07, 6.45) is 2.26. The molecule has 0 radical (unpaired) electrons. The Hall–Kier alpha value is -1.13. The average molecular weight is 350 g/mol. The Morgan fingerprint density at radius 1 is 1.40 bits per heavy atom. The molecule has 0 N–H and O–H groups in total. The Labute approximate surface area is 131 Å². The van der Waals surface area contributed by atoms with Crippen LogP contribution in [0.4, 0.5) is 0 Å². The highest BCUT2D eigenvalue weighted by Crippen LogP contribution is 2.30. The van der Waals surface area contributed by atoms with Gasteiger partial charge in [-0.1, -0.05) is 15.9 Å². The number of amides is 1. The second-order valence-electron chi connectivity index (χ2n) is 5.31. The Kier molecular flexibility index (Phi) is 3.94. The summed E-state index contributed by atoms with van der Waals surface area (Å²) in [7, 11) is 0. The van der Waals surface area contributed by atoms with Crippen molar-refractivity contribution in [2.45, 2.75) is 32.4 Å². The molecule has 2 aromatic rings. The first-order valence-corrected chi connectivity index (χ1v) is 8.46. The standard InChI is InChI=1S/C16H16BrNOS/c1-11-6-13(8-14(17)7-11)16(19)18(15-2-3-15)9-12-4-5-20-10-12/h4-8,10,15H,2-3,9H2,1H3. The lowest BCUT2D eigenvalue weighted by molar-refractivity contribution is 0.0730. The highest BCUT2D eigenvalue weighted by molar-refractivity contribution is 9.10. The molecule has 0 atom stereocenters. The number of rotatable bonds is 4. The fourth-order valence-electron chi connectivity index (χ4n) is 2.36. The Balaban J connectivity index is 1.85. The van der Waals surface area contributed by atoms with E-state index in [9.17, 15) is 4.79 Å². The van der Waals surface area contributed by atoms with Gasteiger partial charge in [0.15, 0.2) is 0 Å². The molecule has 0 saturated heterocycles. The fourth-order valence-corrected chi connectivity index (χ4v) is 3.63. The number of nitrogens with zero attached hydrogens (tertiary/aromatic N) is 1. The summed E-state index contributed by atoms with van der Waals surface area (Å²) < 4.78 is 0.965. The van der Waals surface area contributed by atoms with E-state index in [4.69, 9.17) is 0 Å². The van der Waals surface area contributed by atoms with Crippen molar-refractivity contribution < 1.29 is 4.79 Å². The van der Waals surface area contributed by atoms with Gasteiger partial charge in [-0.15, -0.1) is 0 Å². The number of hydrogen-bond acceptors (Lipinski definition) is 2. The number of hydrogen-bond donors (Lipinski definition) is 0. The third-order valence-electron chi connectivity index (χ3n) is 3.47. The minimum absolute atomic E-state index is 0.142. The van der Waals surface area contributed by atoms with Crippen molar-refractivity contribution in [2.24, 2.45) is 0 Å². The molecule has 1 saturated carbocycles. The number of thiophene rings is 1. The molecule has 0 bridgehead atoms. The summed E-state index contributed by atoms with van der Waals surface area (Å²) in [6.45, 7) is 2.74. The van der Waals surface area contributed by atoms with Crippen LogP contribution in [0.3, 0.4) is 0 Å². The molecule has 0 spiro atoms. The van der Waals surface area contributed by atoms with Crippen LogP contribution in [-0.4, -0.2) is 16.8 Å². The van der Waals surface area contributed by atoms with Crippen molar-refractivity contribution in [3.8, 4) is 0 Å². The van der Waals surface area contributed by atoms with Crippen molar-refractivity contribution in [2.75, 3.05) is 0 Å². The summed E-state index contributed by atoms with van der Waals surface area (Å²) in [5, 5.41) is 4.18. The van der Waals surface area contributed by atoms with Crippen LogP contribution in [0.25, 0.3) is 0 Å². The highest BCUT2D eigenvalue weighted by Gasteiger charge is 2.33. The SMILES string of the molecule is Cc1cc(Br)cc(C(=O)N(Cc2ccsc2)C2CC2)c1. The molecular formula is C16H16BrNOS. The van der Waals surface area contributed by atoms with E-state index in [1.165, 1.54) is 5.56 Å². The highest BCUT2D eigenvalue weighted by atomic mass is 79.9. The number of aryl methyl sites for hydroxylation is 1. The third-order valence-corrected chi connectivity index (χ3v) is 4.66. The number of carbonyl (C=O) groups excluding carboxylic acids is 1. The minimum atomic E-state index is 0.142. The molecule has 1 aliphatic rings. The van der Waals surface area contributed by atoms with Crippen LogP contribution in [0, 0.1) is 6.92 Å². The van der Waals surface area contributed by atoms with Gasteiger partial charge in [0.05, 0.1) is 0 Å². The topological polar surface area (TPSA) is 20.3 Å². The van der Waals surface area contributed by atoms with Crippen LogP contribution in [0.15, 0.2) is 39.5 Å². The third kappa shape index (κ3) is 3.13. The predicted octanol–water partition coefficient (Wildman–Crippen LogP) is 4.62. The molecule has 1 aliphatic carbocycles. The summed E-state index contributed by atoms with van der Waals surface area (Å²) in [5.74, 6) is 0.142. The molecule has 1 aromatic heterocycles. The maximum atomic E-state index is 12.8. The van der Waals surface area contributed by atoms with E-state index < -0.39 is 0 Å². The first-order chi connectivity index (χ1) is 9.63. The van der Waals surface area contributed by atoms with Gasteiger partial charge in [0, 0.05) is 22.6 Å². The Morgan fingerprint density at radius 2 is 2.20 bits per heavy atom. The maximum absolute atomic E-state index is 12.8. The van der Waals surface area contributed by atoms with Crippen molar-refractivity contribution in [3.63, 3.8) is 0 Å². The molecule has 1 fully saturated rings. The van der Waals surface area contributed by atoms with Gasteiger partial charge in [0.1, 0.15) is 0 Å². The quantitative estimate of drug-likeness (QED) is 0.788. The Bertz CT molecular complexity index is 599. The zero-order chi connectivity index (χ0) is 14.1. The van der Waals surface area contributed by atoms with Gasteiger partial charge >= 0.3 is 0 Å². The van der Waals surface area contributed by atoms with Crippen molar-refractivity contribution in [1.29, 1.82) is 0 Å². The van der Waals surface area contributed by atoms with Gasteiger partial charge in [-0.05, 0) is 65.9 Å². The van der Waals surface area contributed by atoms with E-state index in [0.29, 0.717) is 6.04 Å². The van der Waals surface area contributed by atoms with E-state index >= 15 is 0 Å². The van der Waals surface area contributed by atoms with E-state index in [-0.39, 0.29) is 5.91 Å². The summed E-state index contributed by atoms with van der Waals surface area (Å²) >= 11 is 5.16. The second kappa shape index (κ2) is 5.70. The van der Waals surface area contributed by atoms with Gasteiger partial charge < -0.3 is 4.90 Å². The van der Waals surface area contributed by atoms with Gasteiger partial charge in [0.2, 0.25) is 0 Å². The van der Waals surface area contributed by atoms with Crippen LogP contribution in [0.1, 0.15) is 34.3 Å². The first kappa shape index (κ1) is 13.8. The summed E-state index contributed by atoms with van der Waals surface area (Å²) in [6, 6.07) is 8.42. The maximum Gasteiger partial charge on any atom is 0.254 e. The van der Waals surface area contributed by atoms with Gasteiger partial charge in [-0.3, -0.25) is 4.79 Å². The average Bonchev–Trinajstić information content (AvgIpc) is 3.11. The number of halogens is 1. The molecule has 2 nitrogen and oxygen atoms in total. The van der Waals surface area contributed by atoms with Crippen LogP contribution >= 0.6 is 27.3 Å². The van der Waals surface area contributed by atoms with E-state index in [1.807, 2.05) is 30.0 Å². The molecule has 104 valence electrons. The van der Waals surface area contributed by atoms with E-state index in [0.717, 1.165) is 35.0 Å². The van der Waals surface area contributed by atoms with Gasteiger partial charge in [-0.25, -0.2) is 0 Å².